The van der Waals surface area contributed by atoms with Crippen LogP contribution in [-0.2, 0) is 11.2 Å². The van der Waals surface area contributed by atoms with E-state index in [1.807, 2.05) is 31.6 Å². The number of nitrogens with one attached hydrogen (secondary N) is 1. The molecule has 8 heteroatoms. The normalized spacial score (nSPS) is 15.0. The van der Waals surface area contributed by atoms with Gasteiger partial charge in [0.15, 0.2) is 5.96 Å². The van der Waals surface area contributed by atoms with Crippen LogP contribution in [0, 0.1) is 5.92 Å². The number of anilines is 1. The fourth-order valence-electron chi connectivity index (χ4n) is 3.86. The first-order chi connectivity index (χ1) is 15.5. The van der Waals surface area contributed by atoms with Crippen molar-refractivity contribution in [1.29, 1.82) is 0 Å². The average molecular weight is 441 g/mol. The zero-order valence-corrected chi connectivity index (χ0v) is 19.5. The van der Waals surface area contributed by atoms with Gasteiger partial charge in [0, 0.05) is 71.8 Å². The van der Waals surface area contributed by atoms with Gasteiger partial charge in [-0.25, -0.2) is 4.99 Å². The predicted octanol–water partition coefficient (Wildman–Crippen LogP) is 2.49. The van der Waals surface area contributed by atoms with Crippen LogP contribution in [-0.4, -0.2) is 80.5 Å². The number of carbonyl (C=O) groups is 1. The molecular weight excluding hydrogens is 404 g/mol. The van der Waals surface area contributed by atoms with E-state index in [1.54, 1.807) is 25.3 Å². The van der Waals surface area contributed by atoms with Crippen molar-refractivity contribution in [2.75, 3.05) is 58.8 Å². The molecule has 0 aromatic carbocycles. The van der Waals surface area contributed by atoms with E-state index in [4.69, 9.17) is 4.42 Å². The van der Waals surface area contributed by atoms with Crippen molar-refractivity contribution in [3.8, 4) is 0 Å². The first-order valence-electron chi connectivity index (χ1n) is 11.4. The molecule has 3 rings (SSSR count). The second-order valence-electron chi connectivity index (χ2n) is 8.53. The first kappa shape index (κ1) is 23.6. The highest BCUT2D eigenvalue weighted by molar-refractivity contribution is 5.84. The van der Waals surface area contributed by atoms with Crippen LogP contribution < -0.4 is 10.2 Å². The van der Waals surface area contributed by atoms with Crippen molar-refractivity contribution < 1.29 is 9.21 Å². The monoisotopic (exact) mass is 440 g/mol. The standard InChI is InChI=1S/C24H36N6O2/c1-28(2)23(31)19-27-24(26-14-8-22-5-4-18-32-22)29(3)15-9-20-10-16-30(17-11-20)21-6-12-25-13-7-21/h4-7,12-13,18,20H,8-11,14-17,19H2,1-3H3,(H,26,27). The number of piperidine rings is 1. The summed E-state index contributed by atoms with van der Waals surface area (Å²) in [6, 6.07) is 8.03. The number of nitrogens with zero attached hydrogens (tertiary/aromatic N) is 5. The molecule has 3 heterocycles. The van der Waals surface area contributed by atoms with Gasteiger partial charge in [-0.15, -0.1) is 0 Å². The summed E-state index contributed by atoms with van der Waals surface area (Å²) in [6.45, 7) is 3.92. The molecule has 32 heavy (non-hydrogen) atoms. The molecule has 0 atom stereocenters. The summed E-state index contributed by atoms with van der Waals surface area (Å²) >= 11 is 0. The molecule has 1 aliphatic heterocycles. The summed E-state index contributed by atoms with van der Waals surface area (Å²) in [5.74, 6) is 2.39. The van der Waals surface area contributed by atoms with Gasteiger partial charge < -0.3 is 24.4 Å². The second-order valence-corrected chi connectivity index (χ2v) is 8.53. The van der Waals surface area contributed by atoms with Gasteiger partial charge >= 0.3 is 0 Å². The number of furan rings is 1. The number of hydrogen-bond acceptors (Lipinski definition) is 5. The number of aliphatic imine (C=N–C) groups is 1. The van der Waals surface area contributed by atoms with Crippen molar-refractivity contribution in [2.45, 2.75) is 25.7 Å². The lowest BCUT2D eigenvalue weighted by Crippen LogP contribution is -2.42. The Morgan fingerprint density at radius 1 is 1.22 bits per heavy atom. The third kappa shape index (κ3) is 7.28. The van der Waals surface area contributed by atoms with Crippen LogP contribution in [0.5, 0.6) is 0 Å². The van der Waals surface area contributed by atoms with Crippen LogP contribution in [0.3, 0.4) is 0 Å². The third-order valence-corrected chi connectivity index (χ3v) is 5.97. The molecule has 0 unspecified atom stereocenters. The summed E-state index contributed by atoms with van der Waals surface area (Å²) < 4.78 is 5.41. The van der Waals surface area contributed by atoms with Crippen LogP contribution >= 0.6 is 0 Å². The molecular formula is C24H36N6O2. The van der Waals surface area contributed by atoms with Gasteiger partial charge in [0.1, 0.15) is 12.3 Å². The topological polar surface area (TPSA) is 77.2 Å². The highest BCUT2D eigenvalue weighted by Gasteiger charge is 2.20. The Labute approximate surface area is 191 Å². The zero-order valence-electron chi connectivity index (χ0n) is 19.5. The summed E-state index contributed by atoms with van der Waals surface area (Å²) in [6.07, 6.45) is 9.66. The third-order valence-electron chi connectivity index (χ3n) is 5.97. The molecule has 2 aromatic rings. The van der Waals surface area contributed by atoms with E-state index in [1.165, 1.54) is 18.5 Å². The number of rotatable bonds is 9. The van der Waals surface area contributed by atoms with Gasteiger partial charge in [-0.1, -0.05) is 0 Å². The number of aromatic nitrogens is 1. The van der Waals surface area contributed by atoms with E-state index >= 15 is 0 Å². The van der Waals surface area contributed by atoms with Gasteiger partial charge in [-0.2, -0.15) is 0 Å². The van der Waals surface area contributed by atoms with Crippen molar-refractivity contribution in [3.63, 3.8) is 0 Å². The van der Waals surface area contributed by atoms with Gasteiger partial charge in [-0.3, -0.25) is 9.78 Å². The van der Waals surface area contributed by atoms with E-state index in [-0.39, 0.29) is 12.5 Å². The minimum atomic E-state index is -0.00721. The SMILES string of the molecule is CN(C)C(=O)CN=C(NCCc1ccco1)N(C)CCC1CCN(c2ccncc2)CC1. The molecule has 0 bridgehead atoms. The van der Waals surface area contributed by atoms with Gasteiger partial charge in [0.05, 0.1) is 6.26 Å². The minimum Gasteiger partial charge on any atom is -0.469 e. The minimum absolute atomic E-state index is 0.00721. The fourth-order valence-corrected chi connectivity index (χ4v) is 3.86. The molecule has 0 aliphatic carbocycles. The Bertz CT molecular complexity index is 829. The molecule has 0 spiro atoms. The Morgan fingerprint density at radius 2 is 1.97 bits per heavy atom. The first-order valence-corrected chi connectivity index (χ1v) is 11.4. The lowest BCUT2D eigenvalue weighted by molar-refractivity contribution is -0.127. The molecule has 0 saturated carbocycles. The van der Waals surface area contributed by atoms with E-state index in [0.29, 0.717) is 12.5 Å². The van der Waals surface area contributed by atoms with Gasteiger partial charge in [0.2, 0.25) is 5.91 Å². The molecule has 1 aliphatic rings. The molecule has 1 amide bonds. The average Bonchev–Trinajstić information content (AvgIpc) is 3.34. The maximum atomic E-state index is 12.0. The second kappa shape index (κ2) is 12.1. The van der Waals surface area contributed by atoms with Crippen LogP contribution in [0.4, 0.5) is 5.69 Å². The highest BCUT2D eigenvalue weighted by atomic mass is 16.3. The number of likely N-dealkylation sites (N-methyl/N-ethyl adjacent to an activating group) is 1. The molecule has 1 fully saturated rings. The summed E-state index contributed by atoms with van der Waals surface area (Å²) in [7, 11) is 5.55. The van der Waals surface area contributed by atoms with Crippen molar-refractivity contribution in [3.05, 3.63) is 48.7 Å². The highest BCUT2D eigenvalue weighted by Crippen LogP contribution is 2.24. The Balaban J connectivity index is 1.48. The summed E-state index contributed by atoms with van der Waals surface area (Å²) in [5.41, 5.74) is 1.26. The molecule has 1 saturated heterocycles. The number of guanidine groups is 1. The number of pyridine rings is 1. The Morgan fingerprint density at radius 3 is 2.62 bits per heavy atom. The lowest BCUT2D eigenvalue weighted by atomic mass is 9.93. The molecule has 8 nitrogen and oxygen atoms in total. The van der Waals surface area contributed by atoms with E-state index in [0.717, 1.165) is 44.2 Å². The lowest BCUT2D eigenvalue weighted by Gasteiger charge is -2.34. The quantitative estimate of drug-likeness (QED) is 0.477. The predicted molar refractivity (Wildman–Crippen MR) is 128 cm³/mol. The molecule has 0 radical (unpaired) electrons. The van der Waals surface area contributed by atoms with Gasteiger partial charge in [0.25, 0.3) is 0 Å². The molecule has 1 N–H and O–H groups in total. The van der Waals surface area contributed by atoms with Gasteiger partial charge in [-0.05, 0) is 49.4 Å². The smallest absolute Gasteiger partial charge is 0.243 e. The number of amides is 1. The Hall–Kier alpha value is -3.03. The number of carbonyl (C=O) groups excluding carboxylic acids is 1. The van der Waals surface area contributed by atoms with E-state index in [9.17, 15) is 4.79 Å². The number of hydrogen-bond donors (Lipinski definition) is 1. The maximum Gasteiger partial charge on any atom is 0.243 e. The summed E-state index contributed by atoms with van der Waals surface area (Å²) in [5, 5.41) is 3.40. The fraction of sp³-hybridized carbons (Fsp3) is 0.542. The van der Waals surface area contributed by atoms with Crippen molar-refractivity contribution in [1.82, 2.24) is 20.1 Å². The molecule has 174 valence electrons. The Kier molecular flexibility index (Phi) is 8.95. The van der Waals surface area contributed by atoms with Crippen LogP contribution in [0.15, 0.2) is 52.3 Å². The van der Waals surface area contributed by atoms with Crippen molar-refractivity contribution >= 4 is 17.6 Å². The van der Waals surface area contributed by atoms with Crippen LogP contribution in [0.2, 0.25) is 0 Å². The van der Waals surface area contributed by atoms with Crippen LogP contribution in [0.1, 0.15) is 25.0 Å². The van der Waals surface area contributed by atoms with E-state index < -0.39 is 0 Å². The molecule has 2 aromatic heterocycles. The van der Waals surface area contributed by atoms with Crippen molar-refractivity contribution in [2.24, 2.45) is 10.9 Å². The van der Waals surface area contributed by atoms with Crippen LogP contribution in [0.25, 0.3) is 0 Å². The van der Waals surface area contributed by atoms with E-state index in [2.05, 4.69) is 37.2 Å². The zero-order chi connectivity index (χ0) is 22.8. The maximum absolute atomic E-state index is 12.0. The largest absolute Gasteiger partial charge is 0.469 e. The summed E-state index contributed by atoms with van der Waals surface area (Å²) in [4.78, 5) is 26.9.